The first-order valence-corrected chi connectivity index (χ1v) is 6.71. The zero-order valence-electron chi connectivity index (χ0n) is 11.4. The van der Waals surface area contributed by atoms with Crippen molar-refractivity contribution >= 4 is 11.9 Å². The lowest BCUT2D eigenvalue weighted by Gasteiger charge is -2.41. The number of morpholine rings is 1. The highest BCUT2D eigenvalue weighted by molar-refractivity contribution is 5.92. The molecule has 0 aromatic rings. The molecule has 19 heavy (non-hydrogen) atoms. The summed E-state index contributed by atoms with van der Waals surface area (Å²) >= 11 is 0. The molecule has 7 heteroatoms. The van der Waals surface area contributed by atoms with Gasteiger partial charge >= 0.3 is 6.03 Å². The Hall–Kier alpha value is -1.34. The molecule has 2 saturated heterocycles. The van der Waals surface area contributed by atoms with Crippen LogP contribution in [0.3, 0.4) is 0 Å². The average Bonchev–Trinajstić information content (AvgIpc) is 2.42. The van der Waals surface area contributed by atoms with Crippen molar-refractivity contribution in [1.29, 1.82) is 5.41 Å². The molecule has 2 fully saturated rings. The van der Waals surface area contributed by atoms with Crippen molar-refractivity contribution in [3.63, 3.8) is 0 Å². The molecule has 108 valence electrons. The molecule has 0 aliphatic carbocycles. The van der Waals surface area contributed by atoms with Crippen LogP contribution < -0.4 is 11.1 Å². The molecule has 0 aromatic carbocycles. The summed E-state index contributed by atoms with van der Waals surface area (Å²) in [5.74, 6) is 0.0576. The van der Waals surface area contributed by atoms with E-state index in [4.69, 9.17) is 15.9 Å². The topological polar surface area (TPSA) is 94.7 Å². The van der Waals surface area contributed by atoms with E-state index in [0.29, 0.717) is 39.1 Å². The van der Waals surface area contributed by atoms with Crippen LogP contribution in [-0.2, 0) is 4.74 Å². The van der Waals surface area contributed by atoms with Gasteiger partial charge in [0.1, 0.15) is 11.4 Å². The predicted molar refractivity (Wildman–Crippen MR) is 72.3 cm³/mol. The maximum Gasteiger partial charge on any atom is 0.318 e. The number of amides is 2. The minimum atomic E-state index is -0.679. The van der Waals surface area contributed by atoms with Gasteiger partial charge in [-0.25, -0.2) is 4.79 Å². The standard InChI is InChI=1S/C12H23N5O2/c1-16-4-2-12(3-5-16,10(13)14)15-11(18)17-6-8-19-9-7-17/h2-9H2,1H3,(H3,13,14)(H,15,18). The van der Waals surface area contributed by atoms with E-state index in [2.05, 4.69) is 10.2 Å². The second-order valence-electron chi connectivity index (χ2n) is 5.33. The lowest BCUT2D eigenvalue weighted by Crippen LogP contribution is -2.64. The number of nitrogens with one attached hydrogen (secondary N) is 2. The van der Waals surface area contributed by atoms with Gasteiger partial charge in [0.15, 0.2) is 0 Å². The van der Waals surface area contributed by atoms with Gasteiger partial charge in [0, 0.05) is 26.2 Å². The van der Waals surface area contributed by atoms with Gasteiger partial charge in [0.05, 0.1) is 13.2 Å². The SMILES string of the molecule is CN1CCC(NC(=O)N2CCOCC2)(C(=N)N)CC1. The number of ether oxygens (including phenoxy) is 1. The van der Waals surface area contributed by atoms with Gasteiger partial charge in [-0.3, -0.25) is 5.41 Å². The Labute approximate surface area is 113 Å². The first-order valence-electron chi connectivity index (χ1n) is 6.71. The van der Waals surface area contributed by atoms with Gasteiger partial charge in [-0.1, -0.05) is 0 Å². The summed E-state index contributed by atoms with van der Waals surface area (Å²) in [7, 11) is 2.04. The zero-order valence-corrected chi connectivity index (χ0v) is 11.4. The highest BCUT2D eigenvalue weighted by Crippen LogP contribution is 2.22. The number of hydrogen-bond acceptors (Lipinski definition) is 4. The minimum Gasteiger partial charge on any atom is -0.386 e. The second kappa shape index (κ2) is 5.75. The molecule has 2 aliphatic rings. The van der Waals surface area contributed by atoms with E-state index >= 15 is 0 Å². The molecule has 0 saturated carbocycles. The molecule has 2 rings (SSSR count). The van der Waals surface area contributed by atoms with Crippen LogP contribution in [0.4, 0.5) is 4.79 Å². The minimum absolute atomic E-state index is 0.0576. The van der Waals surface area contributed by atoms with Crippen LogP contribution in [0, 0.1) is 5.41 Å². The van der Waals surface area contributed by atoms with E-state index in [1.54, 1.807) is 4.90 Å². The number of rotatable bonds is 2. The molecule has 2 heterocycles. The van der Waals surface area contributed by atoms with Gasteiger partial charge in [0.2, 0.25) is 0 Å². The molecule has 2 amide bonds. The van der Waals surface area contributed by atoms with Gasteiger partial charge in [-0.15, -0.1) is 0 Å². The average molecular weight is 269 g/mol. The first kappa shape index (κ1) is 14.1. The summed E-state index contributed by atoms with van der Waals surface area (Å²) in [5, 5.41) is 10.8. The molecular weight excluding hydrogens is 246 g/mol. The first-order chi connectivity index (χ1) is 9.03. The van der Waals surface area contributed by atoms with E-state index in [0.717, 1.165) is 13.1 Å². The van der Waals surface area contributed by atoms with Crippen LogP contribution in [0.25, 0.3) is 0 Å². The normalized spacial score (nSPS) is 23.9. The number of nitrogens with zero attached hydrogens (tertiary/aromatic N) is 2. The number of hydrogen-bond donors (Lipinski definition) is 3. The number of carbonyl (C=O) groups is 1. The summed E-state index contributed by atoms with van der Waals surface area (Å²) in [4.78, 5) is 16.2. The Kier molecular flexibility index (Phi) is 4.26. The van der Waals surface area contributed by atoms with Crippen LogP contribution in [0.2, 0.25) is 0 Å². The number of piperidine rings is 1. The fourth-order valence-electron chi connectivity index (χ4n) is 2.51. The van der Waals surface area contributed by atoms with E-state index in [-0.39, 0.29) is 11.9 Å². The maximum absolute atomic E-state index is 12.3. The second-order valence-corrected chi connectivity index (χ2v) is 5.33. The monoisotopic (exact) mass is 269 g/mol. The Balaban J connectivity index is 2.00. The zero-order chi connectivity index (χ0) is 13.9. The number of urea groups is 1. The van der Waals surface area contributed by atoms with E-state index in [9.17, 15) is 4.79 Å². The van der Waals surface area contributed by atoms with Crippen LogP contribution >= 0.6 is 0 Å². The van der Waals surface area contributed by atoms with Crippen molar-refractivity contribution < 1.29 is 9.53 Å². The van der Waals surface area contributed by atoms with Crippen molar-refractivity contribution in [3.8, 4) is 0 Å². The third-order valence-electron chi connectivity index (χ3n) is 4.00. The smallest absolute Gasteiger partial charge is 0.318 e. The number of amidine groups is 1. The quantitative estimate of drug-likeness (QED) is 0.462. The third kappa shape index (κ3) is 3.16. The summed E-state index contributed by atoms with van der Waals surface area (Å²) in [5.41, 5.74) is 5.05. The molecule has 0 bridgehead atoms. The van der Waals surface area contributed by atoms with Crippen molar-refractivity contribution in [1.82, 2.24) is 15.1 Å². The van der Waals surface area contributed by atoms with Crippen molar-refractivity contribution in [2.75, 3.05) is 46.4 Å². The number of nitrogens with two attached hydrogens (primary N) is 1. The van der Waals surface area contributed by atoms with Crippen molar-refractivity contribution in [3.05, 3.63) is 0 Å². The number of carbonyl (C=O) groups excluding carboxylic acids is 1. The summed E-state index contributed by atoms with van der Waals surface area (Å²) in [6.45, 7) is 4.01. The van der Waals surface area contributed by atoms with Gasteiger partial charge < -0.3 is 25.6 Å². The molecular formula is C12H23N5O2. The predicted octanol–water partition coefficient (Wildman–Crippen LogP) is -0.571. The fourth-order valence-corrected chi connectivity index (χ4v) is 2.51. The Morgan fingerprint density at radius 1 is 1.26 bits per heavy atom. The maximum atomic E-state index is 12.3. The van der Waals surface area contributed by atoms with Gasteiger partial charge in [-0.05, 0) is 19.9 Å². The number of likely N-dealkylation sites (tertiary alicyclic amines) is 1. The largest absolute Gasteiger partial charge is 0.386 e. The highest BCUT2D eigenvalue weighted by Gasteiger charge is 2.39. The summed E-state index contributed by atoms with van der Waals surface area (Å²) in [6.07, 6.45) is 1.38. The molecule has 0 radical (unpaired) electrons. The molecule has 7 nitrogen and oxygen atoms in total. The third-order valence-corrected chi connectivity index (χ3v) is 4.00. The lowest BCUT2D eigenvalue weighted by atomic mass is 9.86. The van der Waals surface area contributed by atoms with E-state index in [1.807, 2.05) is 7.05 Å². The Bertz CT molecular complexity index is 346. The molecule has 4 N–H and O–H groups in total. The van der Waals surface area contributed by atoms with Crippen LogP contribution in [0.15, 0.2) is 0 Å². The van der Waals surface area contributed by atoms with Crippen molar-refractivity contribution in [2.45, 2.75) is 18.4 Å². The fraction of sp³-hybridized carbons (Fsp3) is 0.833. The molecule has 0 spiro atoms. The molecule has 0 unspecified atom stereocenters. The lowest BCUT2D eigenvalue weighted by molar-refractivity contribution is 0.0507. The van der Waals surface area contributed by atoms with Crippen LogP contribution in [0.1, 0.15) is 12.8 Å². The summed E-state index contributed by atoms with van der Waals surface area (Å²) in [6, 6.07) is -0.136. The molecule has 0 aromatic heterocycles. The van der Waals surface area contributed by atoms with E-state index in [1.165, 1.54) is 0 Å². The molecule has 2 aliphatic heterocycles. The Morgan fingerprint density at radius 3 is 2.37 bits per heavy atom. The van der Waals surface area contributed by atoms with Crippen LogP contribution in [0.5, 0.6) is 0 Å². The molecule has 0 atom stereocenters. The Morgan fingerprint density at radius 2 is 1.84 bits per heavy atom. The van der Waals surface area contributed by atoms with Crippen molar-refractivity contribution in [2.24, 2.45) is 5.73 Å². The van der Waals surface area contributed by atoms with E-state index < -0.39 is 5.54 Å². The summed E-state index contributed by atoms with van der Waals surface area (Å²) < 4.78 is 5.23. The van der Waals surface area contributed by atoms with Gasteiger partial charge in [-0.2, -0.15) is 0 Å². The van der Waals surface area contributed by atoms with Crippen LogP contribution in [-0.4, -0.2) is 73.6 Å². The highest BCUT2D eigenvalue weighted by atomic mass is 16.5. The van der Waals surface area contributed by atoms with Gasteiger partial charge in [0.25, 0.3) is 0 Å².